The number of likely N-dealkylation sites (N-methyl/N-ethyl adjacent to an activating group) is 1. The van der Waals surface area contributed by atoms with Crippen LogP contribution in [0.15, 0.2) is 98.6 Å². The van der Waals surface area contributed by atoms with Crippen LogP contribution in [-0.2, 0) is 58.9 Å². The second-order valence-corrected chi connectivity index (χ2v) is 35.6. The Morgan fingerprint density at radius 3 is 0.927 bits per heavy atom. The molecule has 124 heavy (non-hydrogen) atoms. The Morgan fingerprint density at radius 2 is 0.661 bits per heavy atom. The highest BCUT2D eigenvalue weighted by Gasteiger charge is 2.40. The number of methoxy groups -OCH3 is 4. The molecule has 0 spiro atoms. The molecule has 8 aliphatic rings. The summed E-state index contributed by atoms with van der Waals surface area (Å²) in [6.07, 6.45) is 32.6. The van der Waals surface area contributed by atoms with Gasteiger partial charge in [-0.25, -0.2) is 28.8 Å². The molecule has 0 bridgehead atoms. The molecular weight excluding hydrogens is 1580 g/mol. The van der Waals surface area contributed by atoms with Gasteiger partial charge < -0.3 is 48.9 Å². The Kier molecular flexibility index (Phi) is 31.6. The van der Waals surface area contributed by atoms with Crippen LogP contribution in [0.4, 0.5) is 9.59 Å². The maximum absolute atomic E-state index is 12.2. The minimum Gasteiger partial charge on any atom is -0.465 e. The van der Waals surface area contributed by atoms with Crippen LogP contribution in [0.2, 0.25) is 0 Å². The number of hydrogen-bond donors (Lipinski definition) is 2. The van der Waals surface area contributed by atoms with Crippen molar-refractivity contribution in [3.63, 3.8) is 0 Å². The first-order chi connectivity index (χ1) is 59.4. The van der Waals surface area contributed by atoms with Crippen LogP contribution in [0.3, 0.4) is 0 Å². The molecule has 16 heterocycles. The van der Waals surface area contributed by atoms with E-state index in [1.165, 1.54) is 46.4 Å². The smallest absolute Gasteiger partial charge is 0.411 e. The van der Waals surface area contributed by atoms with E-state index >= 15 is 0 Å². The van der Waals surface area contributed by atoms with E-state index in [1.54, 1.807) is 99.5 Å². The lowest BCUT2D eigenvalue weighted by Crippen LogP contribution is -2.62. The molecule has 33 nitrogen and oxygen atoms in total. The number of esters is 4. The third-order valence-electron chi connectivity index (χ3n) is 24.4. The van der Waals surface area contributed by atoms with Gasteiger partial charge in [0.15, 0.2) is 5.78 Å². The van der Waals surface area contributed by atoms with Crippen LogP contribution in [0.1, 0.15) is 226 Å². The molecule has 0 radical (unpaired) electrons. The number of carbonyl (C=O) groups is 7. The SMILES string of the molecule is CC(C)(C)OC(=O)N1CC(=O)C1.COC(=O)c1ccncc1Cc1cn(C2CCN(C3CN(C(=O)OC(C)(C)C)C3)CC2)nc1C.COC(=O)c1ccncc1Cc1cn(C2CCN(C3CN(C)C3)CC2)nc1C.COC(=O)c1ccncc1Cc1cn(C2CCN(C3CNC3)CC2)nc1C.COC(=O)c1ccncc1Cc1cn(C2CCNCC2)nc1C. The van der Waals surface area contributed by atoms with Crippen LogP contribution in [0, 0.1) is 27.7 Å². The average Bonchev–Trinajstić information content (AvgIpc) is 1.51. The second kappa shape index (κ2) is 42.3. The molecular formula is C91H126N20O13. The summed E-state index contributed by atoms with van der Waals surface area (Å²) in [6.45, 7) is 34.3. The monoisotopic (exact) mass is 1710 g/mol. The minimum absolute atomic E-state index is 0.0841. The van der Waals surface area contributed by atoms with Gasteiger partial charge in [-0.3, -0.25) is 63.1 Å². The van der Waals surface area contributed by atoms with Crippen molar-refractivity contribution in [2.45, 2.75) is 200 Å². The highest BCUT2D eigenvalue weighted by Crippen LogP contribution is 2.33. The van der Waals surface area contributed by atoms with E-state index in [4.69, 9.17) is 43.7 Å². The molecule has 0 saturated carbocycles. The Morgan fingerprint density at radius 1 is 0.379 bits per heavy atom. The summed E-state index contributed by atoms with van der Waals surface area (Å²) >= 11 is 0. The van der Waals surface area contributed by atoms with Gasteiger partial charge in [-0.1, -0.05) is 0 Å². The molecule has 0 atom stereocenters. The Balaban J connectivity index is 0.000000145. The Labute approximate surface area is 727 Å². The first-order valence-electron chi connectivity index (χ1n) is 43.4. The number of Topliss-reactive ketones (excluding diaryl/α,β-unsaturated/α-hetero) is 1. The molecule has 8 aromatic rings. The number of ketones is 1. The molecule has 0 unspecified atom stereocenters. The van der Waals surface area contributed by atoms with Gasteiger partial charge in [0.1, 0.15) is 11.2 Å². The second-order valence-electron chi connectivity index (χ2n) is 35.6. The predicted octanol–water partition coefficient (Wildman–Crippen LogP) is 9.40. The third kappa shape index (κ3) is 24.5. The van der Waals surface area contributed by atoms with Gasteiger partial charge in [-0.2, -0.15) is 20.4 Å². The predicted molar refractivity (Wildman–Crippen MR) is 464 cm³/mol. The number of ether oxygens (including phenoxy) is 6. The van der Waals surface area contributed by atoms with E-state index in [0.717, 1.165) is 209 Å². The van der Waals surface area contributed by atoms with Crippen molar-refractivity contribution in [1.82, 2.24) is 99.1 Å². The van der Waals surface area contributed by atoms with Gasteiger partial charge in [0.2, 0.25) is 0 Å². The van der Waals surface area contributed by atoms with Crippen molar-refractivity contribution >= 4 is 41.8 Å². The van der Waals surface area contributed by atoms with Crippen LogP contribution in [0.5, 0.6) is 0 Å². The molecule has 16 rings (SSSR count). The topological polar surface area (TPSA) is 341 Å². The first kappa shape index (κ1) is 92.5. The fourth-order valence-corrected chi connectivity index (χ4v) is 16.9. The maximum Gasteiger partial charge on any atom is 0.411 e. The molecule has 0 aliphatic carbocycles. The van der Waals surface area contributed by atoms with Crippen molar-refractivity contribution in [1.29, 1.82) is 0 Å². The number of aromatic nitrogens is 12. The number of rotatable bonds is 19. The van der Waals surface area contributed by atoms with E-state index in [-0.39, 0.29) is 48.8 Å². The number of amides is 2. The number of piperidine rings is 4. The quantitative estimate of drug-likeness (QED) is 0.0562. The number of nitrogens with one attached hydrogen (secondary N) is 2. The number of hydrogen-bond acceptors (Lipinski definition) is 27. The zero-order valence-electron chi connectivity index (χ0n) is 74.9. The van der Waals surface area contributed by atoms with Gasteiger partial charge in [-0.15, -0.1) is 0 Å². The molecule has 8 aliphatic heterocycles. The van der Waals surface area contributed by atoms with Crippen molar-refractivity contribution < 1.29 is 62.0 Å². The molecule has 33 heteroatoms. The highest BCUT2D eigenvalue weighted by molar-refractivity contribution is 5.95. The fraction of sp³-hybridized carbons (Fsp3) is 0.571. The highest BCUT2D eigenvalue weighted by atomic mass is 16.6. The van der Waals surface area contributed by atoms with Crippen molar-refractivity contribution in [3.8, 4) is 0 Å². The van der Waals surface area contributed by atoms with E-state index in [2.05, 4.69) is 106 Å². The van der Waals surface area contributed by atoms with Crippen molar-refractivity contribution in [2.24, 2.45) is 0 Å². The van der Waals surface area contributed by atoms with Crippen LogP contribution in [-0.4, -0.2) is 300 Å². The van der Waals surface area contributed by atoms with Gasteiger partial charge in [-0.05, 0) is 210 Å². The molecule has 2 N–H and O–H groups in total. The largest absolute Gasteiger partial charge is 0.465 e. The summed E-state index contributed by atoms with van der Waals surface area (Å²) in [4.78, 5) is 112. The Hall–Kier alpha value is -10.7. The van der Waals surface area contributed by atoms with Crippen molar-refractivity contribution in [2.75, 3.05) is 140 Å². The van der Waals surface area contributed by atoms with Gasteiger partial charge >= 0.3 is 36.1 Å². The summed E-state index contributed by atoms with van der Waals surface area (Å²) in [5, 5.41) is 25.8. The molecule has 2 amide bonds. The maximum atomic E-state index is 12.2. The summed E-state index contributed by atoms with van der Waals surface area (Å²) in [7, 11) is 7.78. The van der Waals surface area contributed by atoms with E-state index in [9.17, 15) is 33.6 Å². The summed E-state index contributed by atoms with van der Waals surface area (Å²) in [5.41, 5.74) is 13.3. The molecule has 8 saturated heterocycles. The number of likely N-dealkylation sites (tertiary alicyclic amines) is 6. The summed E-state index contributed by atoms with van der Waals surface area (Å²) in [6, 6.07) is 10.4. The van der Waals surface area contributed by atoms with Crippen LogP contribution in [0.25, 0.3) is 0 Å². The van der Waals surface area contributed by atoms with Crippen LogP contribution >= 0.6 is 0 Å². The van der Waals surface area contributed by atoms with E-state index < -0.39 is 17.3 Å². The molecule has 8 fully saturated rings. The number of aryl methyl sites for hydroxylation is 4. The summed E-state index contributed by atoms with van der Waals surface area (Å²) < 4.78 is 38.5. The van der Waals surface area contributed by atoms with E-state index in [1.807, 2.05) is 48.5 Å². The first-order valence-corrected chi connectivity index (χ1v) is 43.4. The molecule has 0 aromatic carbocycles. The van der Waals surface area contributed by atoms with E-state index in [0.29, 0.717) is 78.1 Å². The lowest BCUT2D eigenvalue weighted by Gasteiger charge is -2.47. The summed E-state index contributed by atoms with van der Waals surface area (Å²) in [5.74, 6) is -1.24. The molecule has 668 valence electrons. The van der Waals surface area contributed by atoms with Gasteiger partial charge in [0.05, 0.1) is 111 Å². The lowest BCUT2D eigenvalue weighted by atomic mass is 10.00. The van der Waals surface area contributed by atoms with Gasteiger partial charge in [0.25, 0.3) is 0 Å². The standard InChI is InChI=1S/C25H35N5O4.C21H29N5O2.C20H27N5O2.C17H22N4O2.C8H13NO3/c1-17-19(12-18-13-26-9-6-22(18)23(31)33-5)14-30(27-17)20-7-10-28(11-8-20)21-15-29(16-21)24(32)34-25(2,3)4;1-15-17(10-16-11-22-7-4-20(16)21(27)28-3)12-26(23-15)18-5-8-25(9-6-18)19-13-24(2)14-19;1-14-16(9-15-10-21-6-3-19(15)20(26)27-2)13-25(23-14)17-4-7-24(8-5-17)18-11-22-12-18;1-12-14(11-21(20-12)15-3-6-18-7-4-15)9-13-10-19-8-5-16(13)17(22)23-2;1-8(2,3)12-7(11)9-4-6(10)5-9/h6,9,13-14,20-21H,7-8,10-12,15-16H2,1-5H3;4,7,11-12,18-19H,5-6,8-10,13-14H2,1-3H3;3,6,10,13,17-18,22H,4-5,7-9,11-12H2,1-2H3;5,8,10-11,15,18H,3-4,6-7,9H2,1-2H3;4-5H2,1-3H3. The fourth-order valence-electron chi connectivity index (χ4n) is 16.9. The number of pyridine rings is 4. The minimum atomic E-state index is -0.476. The zero-order chi connectivity index (χ0) is 88.5. The van der Waals surface area contributed by atoms with Crippen LogP contribution < -0.4 is 10.6 Å². The molecule has 8 aromatic heterocycles. The number of nitrogens with zero attached hydrogens (tertiary/aromatic N) is 18. The normalized spacial score (nSPS) is 18.0. The number of carbonyl (C=O) groups excluding carboxylic acids is 7. The zero-order valence-corrected chi connectivity index (χ0v) is 74.9. The van der Waals surface area contributed by atoms with Gasteiger partial charge in [0, 0.05) is 197 Å². The third-order valence-corrected chi connectivity index (χ3v) is 24.4. The van der Waals surface area contributed by atoms with Crippen molar-refractivity contribution in [3.05, 3.63) is 188 Å². The average molecular weight is 1710 g/mol. The lowest BCUT2D eigenvalue weighted by molar-refractivity contribution is -0.128. The Bertz CT molecular complexity index is 4930.